The van der Waals surface area contributed by atoms with Crippen LogP contribution in [0.25, 0.3) is 65.3 Å². The molecule has 0 radical (unpaired) electrons. The van der Waals surface area contributed by atoms with Gasteiger partial charge in [-0.15, -0.1) is 0 Å². The minimum absolute atomic E-state index is 0.0413. The average Bonchev–Trinajstić information content (AvgIpc) is 3.41. The molecule has 0 spiro atoms. The first-order valence-corrected chi connectivity index (χ1v) is 24.2. The Kier molecular flexibility index (Phi) is 17.0. The molecule has 0 heterocycles. The minimum atomic E-state index is -1.17. The van der Waals surface area contributed by atoms with Gasteiger partial charge < -0.3 is 40.6 Å². The molecule has 0 fully saturated rings. The zero-order chi connectivity index (χ0) is 53.6. The van der Waals surface area contributed by atoms with Gasteiger partial charge in [0.1, 0.15) is 23.0 Å². The van der Waals surface area contributed by atoms with Crippen LogP contribution in [0.3, 0.4) is 0 Å². The maximum atomic E-state index is 13.8. The fourth-order valence-electron chi connectivity index (χ4n) is 9.10. The molecule has 0 unspecified atom stereocenters. The molecule has 0 aliphatic heterocycles. The summed E-state index contributed by atoms with van der Waals surface area (Å²) in [7, 11) is 0. The molecule has 8 aromatic carbocycles. The number of hydrogen-bond donors (Lipinski definition) is 4. The monoisotopic (exact) mass is 1020 g/mol. The second-order valence-electron chi connectivity index (χ2n) is 17.4. The predicted molar refractivity (Wildman–Crippen MR) is 292 cm³/mol. The summed E-state index contributed by atoms with van der Waals surface area (Å²) in [5.41, 5.74) is 13.6. The second kappa shape index (κ2) is 24.6. The Morgan fingerprint density at radius 1 is 0.395 bits per heavy atom. The lowest BCUT2D eigenvalue weighted by Crippen LogP contribution is -2.17. The first-order valence-electron chi connectivity index (χ1n) is 24.2. The van der Waals surface area contributed by atoms with Crippen LogP contribution in [-0.4, -0.2) is 57.9 Å². The van der Waals surface area contributed by atoms with Crippen LogP contribution in [-0.2, 0) is 9.59 Å². The number of unbranched alkanes of at least 4 members (excludes halogenated alkanes) is 3. The number of carbonyl (C=O) groups excluding carboxylic acids is 4. The van der Waals surface area contributed by atoms with Gasteiger partial charge >= 0.3 is 36.3 Å². The van der Waals surface area contributed by atoms with E-state index in [1.807, 2.05) is 97.1 Å². The van der Waals surface area contributed by atoms with E-state index >= 15 is 0 Å². The Bertz CT molecular complexity index is 3450. The zero-order valence-electron chi connectivity index (χ0n) is 40.8. The second-order valence-corrected chi connectivity index (χ2v) is 17.4. The van der Waals surface area contributed by atoms with Crippen LogP contribution in [0.5, 0.6) is 23.0 Å². The number of carboxylic acid groups (broad SMARTS) is 2. The summed E-state index contributed by atoms with van der Waals surface area (Å²) < 4.78 is 23.0. The summed E-state index contributed by atoms with van der Waals surface area (Å²) >= 11 is 0. The fraction of sp³-hybridized carbons (Fsp3) is 0.133. The number of ether oxygens (including phenoxy) is 4. The Balaban J connectivity index is 0.992. The highest BCUT2D eigenvalue weighted by atomic mass is 16.6. The molecular formula is C60H50N4O12. The molecule has 8 aromatic rings. The SMILES string of the molecule is NC(=O)Oc1ccc2ccccc2c1-c1c(OC(=O)N=C(CC=CC(=O)O)CCCCCCC(CC=CC(=O)O)=NC(=O)Oc2ccc3ccccc3c2-c2c(OC(N)=O)ccc3ccccc23)ccc2ccccc12. The van der Waals surface area contributed by atoms with Gasteiger partial charge in [-0.2, -0.15) is 9.98 Å². The van der Waals surface area contributed by atoms with Gasteiger partial charge in [-0.1, -0.05) is 146 Å². The summed E-state index contributed by atoms with van der Waals surface area (Å²) in [6.45, 7) is 0. The lowest BCUT2D eigenvalue weighted by molar-refractivity contribution is -0.132. The van der Waals surface area contributed by atoms with Crippen LogP contribution < -0.4 is 30.4 Å². The van der Waals surface area contributed by atoms with E-state index in [2.05, 4.69) is 9.98 Å². The number of benzene rings is 8. The molecule has 4 amide bonds. The number of allylic oxidation sites excluding steroid dienone is 2. The average molecular weight is 1020 g/mol. The van der Waals surface area contributed by atoms with Gasteiger partial charge in [0.25, 0.3) is 0 Å². The number of rotatable bonds is 19. The number of amides is 4. The number of carboxylic acids is 2. The largest absolute Gasteiger partial charge is 0.478 e. The number of aliphatic carboxylic acids is 2. The van der Waals surface area contributed by atoms with E-state index in [1.165, 1.54) is 12.2 Å². The van der Waals surface area contributed by atoms with Crippen molar-refractivity contribution in [2.75, 3.05) is 0 Å². The zero-order valence-corrected chi connectivity index (χ0v) is 40.8. The van der Waals surface area contributed by atoms with Crippen molar-refractivity contribution in [3.8, 4) is 45.3 Å². The van der Waals surface area contributed by atoms with Crippen molar-refractivity contribution in [2.45, 2.75) is 51.4 Å². The van der Waals surface area contributed by atoms with Gasteiger partial charge in [0.2, 0.25) is 0 Å². The number of carbonyl (C=O) groups is 6. The highest BCUT2D eigenvalue weighted by Gasteiger charge is 2.24. The maximum absolute atomic E-state index is 13.8. The van der Waals surface area contributed by atoms with Crippen LogP contribution in [0.2, 0.25) is 0 Å². The summed E-state index contributed by atoms with van der Waals surface area (Å²) in [5.74, 6) is -1.78. The van der Waals surface area contributed by atoms with Crippen LogP contribution >= 0.6 is 0 Å². The molecular weight excluding hydrogens is 969 g/mol. The third-order valence-electron chi connectivity index (χ3n) is 12.3. The summed E-state index contributed by atoms with van der Waals surface area (Å²) in [5, 5.41) is 24.7. The molecule has 382 valence electrons. The first-order chi connectivity index (χ1) is 36.8. The van der Waals surface area contributed by atoms with Crippen molar-refractivity contribution in [3.05, 3.63) is 170 Å². The maximum Gasteiger partial charge on any atom is 0.438 e. The summed E-state index contributed by atoms with van der Waals surface area (Å²) in [4.78, 5) is 83.3. The van der Waals surface area contributed by atoms with Crippen molar-refractivity contribution in [1.29, 1.82) is 0 Å². The highest BCUT2D eigenvalue weighted by Crippen LogP contribution is 2.47. The van der Waals surface area contributed by atoms with Crippen molar-refractivity contribution in [2.24, 2.45) is 21.5 Å². The third kappa shape index (κ3) is 13.2. The molecule has 0 atom stereocenters. The lowest BCUT2D eigenvalue weighted by Gasteiger charge is -2.18. The minimum Gasteiger partial charge on any atom is -0.478 e. The third-order valence-corrected chi connectivity index (χ3v) is 12.3. The molecule has 16 heteroatoms. The Hall–Kier alpha value is -9.96. The first kappa shape index (κ1) is 52.4. The molecule has 0 saturated heterocycles. The van der Waals surface area contributed by atoms with Crippen LogP contribution in [0.15, 0.2) is 180 Å². The highest BCUT2D eigenvalue weighted by molar-refractivity contribution is 6.12. The number of fused-ring (bicyclic) bond motifs is 4. The molecule has 0 aliphatic rings. The normalized spacial score (nSPS) is 11.9. The Morgan fingerprint density at radius 2 is 0.684 bits per heavy atom. The Labute approximate surface area is 435 Å². The Morgan fingerprint density at radius 3 is 0.974 bits per heavy atom. The molecule has 0 saturated carbocycles. The van der Waals surface area contributed by atoms with Gasteiger partial charge in [-0.3, -0.25) is 0 Å². The molecule has 16 nitrogen and oxygen atoms in total. The van der Waals surface area contributed by atoms with Gasteiger partial charge in [0.15, 0.2) is 0 Å². The molecule has 0 aliphatic carbocycles. The lowest BCUT2D eigenvalue weighted by atomic mass is 9.92. The predicted octanol–water partition coefficient (Wildman–Crippen LogP) is 13.5. The standard InChI is InChI=1S/C60H50N4O12/c61-57(69)73-47-33-29-37-15-5-9-23-43(37)53(47)55-45-25-11-7-17-39(45)31-35-49(55)75-59(71)63-41(21-13-27-51(65)66)19-3-1-2-4-20-42(22-14-28-52(67)68)64-60(72)76-50-36-32-40-18-8-12-26-46(40)56(50)54-44-24-10-6-16-38(44)30-34-48(54)74-58(62)70/h5-18,23-36H,1-4,19-22H2,(H2,61,69)(H2,62,70)(H,65,66)(H,67,68). The molecule has 76 heavy (non-hydrogen) atoms. The van der Waals surface area contributed by atoms with E-state index in [1.54, 1.807) is 48.5 Å². The molecule has 8 rings (SSSR count). The van der Waals surface area contributed by atoms with E-state index < -0.39 is 36.3 Å². The van der Waals surface area contributed by atoms with Crippen molar-refractivity contribution in [1.82, 2.24) is 0 Å². The van der Waals surface area contributed by atoms with E-state index in [0.29, 0.717) is 93.7 Å². The van der Waals surface area contributed by atoms with E-state index in [-0.39, 0.29) is 35.8 Å². The van der Waals surface area contributed by atoms with Gasteiger partial charge in [0, 0.05) is 58.7 Å². The number of nitrogens with two attached hydrogens (primary N) is 2. The number of aliphatic imine (C=N–C) groups is 2. The fourth-order valence-corrected chi connectivity index (χ4v) is 9.10. The summed E-state index contributed by atoms with van der Waals surface area (Å²) in [6, 6.07) is 43.5. The van der Waals surface area contributed by atoms with Gasteiger partial charge in [0.05, 0.1) is 0 Å². The van der Waals surface area contributed by atoms with E-state index in [0.717, 1.165) is 33.7 Å². The van der Waals surface area contributed by atoms with Gasteiger partial charge in [-0.25, -0.2) is 28.8 Å². The van der Waals surface area contributed by atoms with E-state index in [4.69, 9.17) is 30.4 Å². The number of hydrogen-bond acceptors (Lipinski definition) is 10. The number of primary amides is 2. The van der Waals surface area contributed by atoms with Crippen molar-refractivity contribution in [3.63, 3.8) is 0 Å². The molecule has 0 bridgehead atoms. The van der Waals surface area contributed by atoms with Gasteiger partial charge in [-0.05, 0) is 93.0 Å². The van der Waals surface area contributed by atoms with Crippen LogP contribution in [0, 0.1) is 0 Å². The van der Waals surface area contributed by atoms with Crippen molar-refractivity contribution < 1.29 is 57.9 Å². The quantitative estimate of drug-likeness (QED) is 0.0335. The smallest absolute Gasteiger partial charge is 0.438 e. The van der Waals surface area contributed by atoms with Crippen LogP contribution in [0.1, 0.15) is 51.4 Å². The number of nitrogens with zero attached hydrogens (tertiary/aromatic N) is 2. The molecule has 6 N–H and O–H groups in total. The van der Waals surface area contributed by atoms with Crippen LogP contribution in [0.4, 0.5) is 19.2 Å². The topological polar surface area (TPSA) is 257 Å². The molecule has 0 aromatic heterocycles. The summed E-state index contributed by atoms with van der Waals surface area (Å²) in [6.07, 6.45) is 3.75. The van der Waals surface area contributed by atoms with E-state index in [9.17, 15) is 39.0 Å². The van der Waals surface area contributed by atoms with Crippen molar-refractivity contribution >= 4 is 90.8 Å².